The monoisotopic (exact) mass is 230 g/mol. The summed E-state index contributed by atoms with van der Waals surface area (Å²) in [6, 6.07) is 6.67. The van der Waals surface area contributed by atoms with E-state index in [9.17, 15) is 5.11 Å². The molecule has 0 fully saturated rings. The summed E-state index contributed by atoms with van der Waals surface area (Å²) in [5, 5.41) is 14.0. The van der Waals surface area contributed by atoms with Crippen molar-refractivity contribution in [2.24, 2.45) is 7.05 Å². The number of benzene rings is 1. The van der Waals surface area contributed by atoms with E-state index in [-0.39, 0.29) is 12.6 Å². The van der Waals surface area contributed by atoms with Crippen molar-refractivity contribution >= 4 is 10.9 Å². The van der Waals surface area contributed by atoms with Gasteiger partial charge in [0.05, 0.1) is 12.1 Å². The summed E-state index contributed by atoms with van der Waals surface area (Å²) in [5.41, 5.74) is 5.42. The third-order valence-corrected chi connectivity index (χ3v) is 3.88. The molecule has 0 aliphatic carbocycles. The molecule has 3 rings (SSSR count). The normalized spacial score (nSPS) is 19.6. The van der Waals surface area contributed by atoms with Gasteiger partial charge in [0.25, 0.3) is 0 Å². The van der Waals surface area contributed by atoms with Gasteiger partial charge < -0.3 is 15.0 Å². The number of fused-ring (bicyclic) bond motifs is 3. The summed E-state index contributed by atoms with van der Waals surface area (Å²) in [5.74, 6) is 0. The van der Waals surface area contributed by atoms with Gasteiger partial charge in [-0.1, -0.05) is 18.2 Å². The highest BCUT2D eigenvalue weighted by molar-refractivity contribution is 5.88. The quantitative estimate of drug-likeness (QED) is 0.779. The van der Waals surface area contributed by atoms with Crippen LogP contribution in [0.2, 0.25) is 0 Å². The summed E-state index contributed by atoms with van der Waals surface area (Å²) < 4.78 is 2.29. The molecule has 1 aliphatic heterocycles. The molecule has 0 saturated carbocycles. The predicted octanol–water partition coefficient (Wildman–Crippen LogP) is 1.49. The molecule has 0 bridgehead atoms. The fourth-order valence-electron chi connectivity index (χ4n) is 2.98. The molecule has 90 valence electrons. The van der Waals surface area contributed by atoms with E-state index in [0.29, 0.717) is 0 Å². The molecule has 1 aromatic carbocycles. The van der Waals surface area contributed by atoms with Gasteiger partial charge in [-0.05, 0) is 24.5 Å². The van der Waals surface area contributed by atoms with Crippen LogP contribution in [0.3, 0.4) is 0 Å². The van der Waals surface area contributed by atoms with Gasteiger partial charge in [-0.3, -0.25) is 0 Å². The Bertz CT molecular complexity index is 571. The zero-order valence-electron chi connectivity index (χ0n) is 10.3. The Labute approximate surface area is 101 Å². The Morgan fingerprint density at radius 3 is 3.06 bits per heavy atom. The van der Waals surface area contributed by atoms with Crippen molar-refractivity contribution < 1.29 is 5.11 Å². The first-order valence-corrected chi connectivity index (χ1v) is 6.12. The highest BCUT2D eigenvalue weighted by Gasteiger charge is 2.23. The van der Waals surface area contributed by atoms with Crippen LogP contribution in [0.4, 0.5) is 0 Å². The molecule has 0 spiro atoms. The van der Waals surface area contributed by atoms with E-state index in [2.05, 4.69) is 42.1 Å². The largest absolute Gasteiger partial charge is 0.395 e. The van der Waals surface area contributed by atoms with Crippen molar-refractivity contribution in [1.82, 2.24) is 9.88 Å². The van der Waals surface area contributed by atoms with Gasteiger partial charge in [0.1, 0.15) is 0 Å². The Hall–Kier alpha value is -1.32. The molecule has 0 radical (unpaired) electrons. The summed E-state index contributed by atoms with van der Waals surface area (Å²) in [4.78, 5) is 0. The van der Waals surface area contributed by atoms with Crippen molar-refractivity contribution in [2.45, 2.75) is 25.9 Å². The van der Waals surface area contributed by atoms with Gasteiger partial charge in [0.15, 0.2) is 0 Å². The number of aryl methyl sites for hydroxylation is 2. The molecule has 0 saturated heterocycles. The first kappa shape index (κ1) is 10.8. The Morgan fingerprint density at radius 1 is 1.47 bits per heavy atom. The number of hydrogen-bond acceptors (Lipinski definition) is 2. The minimum absolute atomic E-state index is 0.202. The van der Waals surface area contributed by atoms with Crippen molar-refractivity contribution in [1.29, 1.82) is 0 Å². The number of aromatic nitrogens is 1. The van der Waals surface area contributed by atoms with E-state index in [1.807, 2.05) is 0 Å². The van der Waals surface area contributed by atoms with E-state index in [4.69, 9.17) is 0 Å². The van der Waals surface area contributed by atoms with Crippen molar-refractivity contribution in [2.75, 3.05) is 6.61 Å². The molecule has 2 heterocycles. The number of hydrogen-bond donors (Lipinski definition) is 2. The van der Waals surface area contributed by atoms with Gasteiger partial charge in [-0.15, -0.1) is 0 Å². The summed E-state index contributed by atoms with van der Waals surface area (Å²) >= 11 is 0. The molecule has 2 aromatic rings. The van der Waals surface area contributed by atoms with Crippen molar-refractivity contribution in [3.05, 3.63) is 35.0 Å². The van der Waals surface area contributed by atoms with E-state index in [1.165, 1.54) is 27.7 Å². The second kappa shape index (κ2) is 3.86. The number of nitrogens with one attached hydrogen (secondary N) is 1. The third kappa shape index (κ3) is 1.50. The zero-order valence-corrected chi connectivity index (χ0v) is 10.3. The highest BCUT2D eigenvalue weighted by Crippen LogP contribution is 2.30. The zero-order chi connectivity index (χ0) is 12.0. The predicted molar refractivity (Wildman–Crippen MR) is 69.1 cm³/mol. The molecule has 1 aliphatic rings. The lowest BCUT2D eigenvalue weighted by Gasteiger charge is -2.23. The van der Waals surface area contributed by atoms with Gasteiger partial charge in [0.2, 0.25) is 0 Å². The molecule has 1 aromatic heterocycles. The van der Waals surface area contributed by atoms with E-state index in [1.54, 1.807) is 0 Å². The first-order chi connectivity index (χ1) is 8.22. The second-order valence-electron chi connectivity index (χ2n) is 4.92. The standard InChI is InChI=1S/C14H18N2O/c1-9-4-3-5-11-12-6-10(8-17)15-7-13(12)16(2)14(9)11/h3-5,10,15,17H,6-8H2,1-2H3. The average molecular weight is 230 g/mol. The number of rotatable bonds is 1. The van der Waals surface area contributed by atoms with Gasteiger partial charge in [-0.2, -0.15) is 0 Å². The number of para-hydroxylation sites is 1. The molecule has 3 nitrogen and oxygen atoms in total. The van der Waals surface area contributed by atoms with Gasteiger partial charge in [-0.25, -0.2) is 0 Å². The molecule has 1 atom stereocenters. The maximum Gasteiger partial charge on any atom is 0.0588 e. The van der Waals surface area contributed by atoms with Crippen LogP contribution in [-0.2, 0) is 20.0 Å². The van der Waals surface area contributed by atoms with E-state index in [0.717, 1.165) is 13.0 Å². The molecule has 1 unspecified atom stereocenters. The fourth-order valence-corrected chi connectivity index (χ4v) is 2.98. The number of aliphatic hydroxyl groups is 1. The third-order valence-electron chi connectivity index (χ3n) is 3.88. The van der Waals surface area contributed by atoms with Crippen molar-refractivity contribution in [3.8, 4) is 0 Å². The number of aliphatic hydroxyl groups excluding tert-OH is 1. The minimum Gasteiger partial charge on any atom is -0.395 e. The van der Waals surface area contributed by atoms with Crippen LogP contribution in [0.15, 0.2) is 18.2 Å². The lowest BCUT2D eigenvalue weighted by molar-refractivity contribution is 0.235. The Balaban J connectivity index is 2.26. The van der Waals surface area contributed by atoms with Crippen LogP contribution in [0.1, 0.15) is 16.8 Å². The average Bonchev–Trinajstić information content (AvgIpc) is 2.64. The van der Waals surface area contributed by atoms with E-state index < -0.39 is 0 Å². The highest BCUT2D eigenvalue weighted by atomic mass is 16.3. The molecular weight excluding hydrogens is 212 g/mol. The van der Waals surface area contributed by atoms with Crippen LogP contribution in [-0.4, -0.2) is 22.3 Å². The van der Waals surface area contributed by atoms with Crippen LogP contribution in [0, 0.1) is 6.92 Å². The van der Waals surface area contributed by atoms with Gasteiger partial charge in [0, 0.05) is 30.7 Å². The Morgan fingerprint density at radius 2 is 2.29 bits per heavy atom. The lowest BCUT2D eigenvalue weighted by atomic mass is 9.98. The maximum atomic E-state index is 9.28. The molecular formula is C14H18N2O. The minimum atomic E-state index is 0.202. The van der Waals surface area contributed by atoms with Gasteiger partial charge >= 0.3 is 0 Å². The second-order valence-corrected chi connectivity index (χ2v) is 4.92. The van der Waals surface area contributed by atoms with Crippen molar-refractivity contribution in [3.63, 3.8) is 0 Å². The SMILES string of the molecule is Cc1cccc2c3c(n(C)c12)CNC(CO)C3. The van der Waals surface area contributed by atoms with Crippen LogP contribution in [0.5, 0.6) is 0 Å². The maximum absolute atomic E-state index is 9.28. The summed E-state index contributed by atoms with van der Waals surface area (Å²) in [6.45, 7) is 3.22. The molecule has 2 N–H and O–H groups in total. The Kier molecular flexibility index (Phi) is 2.45. The smallest absolute Gasteiger partial charge is 0.0588 e. The molecule has 17 heavy (non-hydrogen) atoms. The van der Waals surface area contributed by atoms with E-state index >= 15 is 0 Å². The summed E-state index contributed by atoms with van der Waals surface area (Å²) in [6.07, 6.45) is 0.923. The lowest BCUT2D eigenvalue weighted by Crippen LogP contribution is -2.38. The number of nitrogens with zero attached hydrogens (tertiary/aromatic N) is 1. The molecule has 0 amide bonds. The topological polar surface area (TPSA) is 37.2 Å². The van der Waals surface area contributed by atoms with Crippen LogP contribution < -0.4 is 5.32 Å². The molecule has 3 heteroatoms. The van der Waals surface area contributed by atoms with Crippen LogP contribution in [0.25, 0.3) is 10.9 Å². The fraction of sp³-hybridized carbons (Fsp3) is 0.429. The first-order valence-electron chi connectivity index (χ1n) is 6.12. The summed E-state index contributed by atoms with van der Waals surface area (Å²) in [7, 11) is 2.13. The van der Waals surface area contributed by atoms with Crippen LogP contribution >= 0.6 is 0 Å².